The second kappa shape index (κ2) is 10.9. The summed E-state index contributed by atoms with van der Waals surface area (Å²) in [6.07, 6.45) is 1.56. The van der Waals surface area contributed by atoms with Crippen molar-refractivity contribution in [2.75, 3.05) is 37.6 Å². The molecule has 3 aromatic rings. The zero-order chi connectivity index (χ0) is 23.9. The highest BCUT2D eigenvalue weighted by molar-refractivity contribution is 6.35. The molecule has 1 saturated heterocycles. The van der Waals surface area contributed by atoms with Gasteiger partial charge in [-0.05, 0) is 42.0 Å². The molecule has 1 aliphatic rings. The first-order valence-corrected chi connectivity index (χ1v) is 11.1. The molecule has 7 nitrogen and oxygen atoms in total. The Hall–Kier alpha value is -3.72. The summed E-state index contributed by atoms with van der Waals surface area (Å²) in [5.74, 6) is -1.48. The number of para-hydroxylation sites is 1. The van der Waals surface area contributed by atoms with E-state index in [2.05, 4.69) is 15.5 Å². The summed E-state index contributed by atoms with van der Waals surface area (Å²) in [6, 6.07) is 15.7. The predicted molar refractivity (Wildman–Crippen MR) is 123 cm³/mol. The number of carbonyl (C=O) groups excluding carboxylic acids is 2. The molecule has 1 aliphatic heterocycles. The maximum atomic E-state index is 14.2. The Labute approximate surface area is 196 Å². The fourth-order valence-corrected chi connectivity index (χ4v) is 4.01. The number of carbonyl (C=O) groups is 2. The van der Waals surface area contributed by atoms with Gasteiger partial charge in [0.2, 0.25) is 0 Å². The molecule has 0 radical (unpaired) electrons. The Morgan fingerprint density at radius 2 is 1.59 bits per heavy atom. The third-order valence-electron chi connectivity index (χ3n) is 5.85. The average molecular weight is 469 g/mol. The molecule has 0 unspecified atom stereocenters. The lowest BCUT2D eigenvalue weighted by Crippen LogP contribution is -2.51. The van der Waals surface area contributed by atoms with Gasteiger partial charge in [-0.3, -0.25) is 14.5 Å². The topological polar surface area (TPSA) is 77.8 Å². The van der Waals surface area contributed by atoms with E-state index in [9.17, 15) is 18.4 Å². The fourth-order valence-electron chi connectivity index (χ4n) is 4.01. The molecular weight excluding hydrogens is 442 g/mol. The van der Waals surface area contributed by atoms with Crippen LogP contribution < -0.4 is 15.5 Å². The number of hydrogen-bond donors (Lipinski definition) is 2. The Bertz CT molecular complexity index is 1100. The third kappa shape index (κ3) is 5.79. The standard InChI is InChI=1S/C25H26F2N4O3/c26-19-9-7-18(8-10-19)16-28-24(32)25(33)29-17-22(23-6-3-15-34-23)31-13-11-30(12-14-31)21-5-2-1-4-20(21)27/h1-10,15,22H,11-14,16-17H2,(H,28,32)(H,29,33)/t22-/m0/s1. The quantitative estimate of drug-likeness (QED) is 0.522. The molecule has 1 fully saturated rings. The Balaban J connectivity index is 1.32. The lowest BCUT2D eigenvalue weighted by Gasteiger charge is -2.39. The Morgan fingerprint density at radius 3 is 2.26 bits per heavy atom. The van der Waals surface area contributed by atoms with Gasteiger partial charge in [0.1, 0.15) is 17.4 Å². The number of benzene rings is 2. The Kier molecular flexibility index (Phi) is 7.54. The van der Waals surface area contributed by atoms with Crippen molar-refractivity contribution in [1.29, 1.82) is 0 Å². The van der Waals surface area contributed by atoms with E-state index >= 15 is 0 Å². The van der Waals surface area contributed by atoms with Crippen LogP contribution in [0.4, 0.5) is 14.5 Å². The smallest absolute Gasteiger partial charge is 0.309 e. The summed E-state index contributed by atoms with van der Waals surface area (Å²) in [5.41, 5.74) is 1.26. The third-order valence-corrected chi connectivity index (χ3v) is 5.85. The number of halogens is 2. The number of anilines is 1. The maximum absolute atomic E-state index is 14.2. The molecule has 34 heavy (non-hydrogen) atoms. The molecule has 1 atom stereocenters. The van der Waals surface area contributed by atoms with E-state index in [-0.39, 0.29) is 30.8 Å². The van der Waals surface area contributed by atoms with Gasteiger partial charge in [-0.25, -0.2) is 8.78 Å². The van der Waals surface area contributed by atoms with Crippen LogP contribution in [0, 0.1) is 11.6 Å². The molecule has 0 bridgehead atoms. The van der Waals surface area contributed by atoms with Crippen molar-refractivity contribution in [3.63, 3.8) is 0 Å². The van der Waals surface area contributed by atoms with Gasteiger partial charge in [0.15, 0.2) is 0 Å². The van der Waals surface area contributed by atoms with Crippen LogP contribution in [0.2, 0.25) is 0 Å². The molecule has 4 rings (SSSR count). The van der Waals surface area contributed by atoms with Crippen molar-refractivity contribution in [1.82, 2.24) is 15.5 Å². The van der Waals surface area contributed by atoms with Crippen LogP contribution in [0.3, 0.4) is 0 Å². The highest BCUT2D eigenvalue weighted by Crippen LogP contribution is 2.25. The molecule has 178 valence electrons. The van der Waals surface area contributed by atoms with Gasteiger partial charge in [0.05, 0.1) is 18.0 Å². The SMILES string of the molecule is O=C(NCc1ccc(F)cc1)C(=O)NC[C@@H](c1ccco1)N1CCN(c2ccccc2F)CC1. The summed E-state index contributed by atoms with van der Waals surface area (Å²) in [4.78, 5) is 28.7. The van der Waals surface area contributed by atoms with E-state index in [1.807, 2.05) is 17.0 Å². The number of rotatable bonds is 7. The summed E-state index contributed by atoms with van der Waals surface area (Å²) in [6.45, 7) is 2.79. The molecule has 0 aliphatic carbocycles. The van der Waals surface area contributed by atoms with E-state index in [1.165, 1.54) is 18.2 Å². The monoisotopic (exact) mass is 468 g/mol. The van der Waals surface area contributed by atoms with Crippen molar-refractivity contribution in [2.45, 2.75) is 12.6 Å². The highest BCUT2D eigenvalue weighted by Gasteiger charge is 2.28. The molecule has 2 aromatic carbocycles. The highest BCUT2D eigenvalue weighted by atomic mass is 19.1. The molecule has 1 aromatic heterocycles. The van der Waals surface area contributed by atoms with Gasteiger partial charge in [0, 0.05) is 39.3 Å². The normalized spacial score (nSPS) is 15.1. The summed E-state index contributed by atoms with van der Waals surface area (Å²) >= 11 is 0. The Morgan fingerprint density at radius 1 is 0.882 bits per heavy atom. The molecular formula is C25H26F2N4O3. The first-order valence-electron chi connectivity index (χ1n) is 11.1. The fraction of sp³-hybridized carbons (Fsp3) is 0.280. The van der Waals surface area contributed by atoms with Crippen molar-refractivity contribution in [3.05, 3.63) is 89.9 Å². The van der Waals surface area contributed by atoms with Crippen molar-refractivity contribution in [3.8, 4) is 0 Å². The number of furan rings is 1. The van der Waals surface area contributed by atoms with Crippen molar-refractivity contribution < 1.29 is 22.8 Å². The van der Waals surface area contributed by atoms with Crippen LogP contribution in [-0.4, -0.2) is 49.4 Å². The van der Waals surface area contributed by atoms with Gasteiger partial charge in [-0.15, -0.1) is 0 Å². The molecule has 0 spiro atoms. The molecule has 2 heterocycles. The lowest BCUT2D eigenvalue weighted by molar-refractivity contribution is -0.139. The lowest BCUT2D eigenvalue weighted by atomic mass is 10.1. The predicted octanol–water partition coefficient (Wildman–Crippen LogP) is 2.85. The first kappa shape index (κ1) is 23.4. The van der Waals surface area contributed by atoms with Crippen LogP contribution in [0.1, 0.15) is 17.4 Å². The van der Waals surface area contributed by atoms with Gasteiger partial charge in [-0.2, -0.15) is 0 Å². The van der Waals surface area contributed by atoms with E-state index in [1.54, 1.807) is 36.6 Å². The number of piperazine rings is 1. The molecule has 2 N–H and O–H groups in total. The summed E-state index contributed by atoms with van der Waals surface area (Å²) in [7, 11) is 0. The van der Waals surface area contributed by atoms with E-state index in [0.717, 1.165) is 0 Å². The van der Waals surface area contributed by atoms with Gasteiger partial charge in [-0.1, -0.05) is 24.3 Å². The van der Waals surface area contributed by atoms with Crippen LogP contribution >= 0.6 is 0 Å². The van der Waals surface area contributed by atoms with Gasteiger partial charge < -0.3 is 20.0 Å². The largest absolute Gasteiger partial charge is 0.468 e. The van der Waals surface area contributed by atoms with Crippen LogP contribution in [0.5, 0.6) is 0 Å². The second-order valence-electron chi connectivity index (χ2n) is 8.02. The van der Waals surface area contributed by atoms with E-state index in [4.69, 9.17) is 4.42 Å². The summed E-state index contributed by atoms with van der Waals surface area (Å²) in [5, 5.41) is 5.21. The number of nitrogens with zero attached hydrogens (tertiary/aromatic N) is 2. The number of amides is 2. The van der Waals surface area contributed by atoms with Crippen LogP contribution in [0.15, 0.2) is 71.3 Å². The first-order chi connectivity index (χ1) is 16.5. The minimum atomic E-state index is -0.771. The van der Waals surface area contributed by atoms with Gasteiger partial charge in [0.25, 0.3) is 0 Å². The minimum absolute atomic E-state index is 0.117. The van der Waals surface area contributed by atoms with Gasteiger partial charge >= 0.3 is 11.8 Å². The second-order valence-corrected chi connectivity index (χ2v) is 8.02. The van der Waals surface area contributed by atoms with Crippen molar-refractivity contribution in [2.24, 2.45) is 0 Å². The van der Waals surface area contributed by atoms with Crippen LogP contribution in [-0.2, 0) is 16.1 Å². The average Bonchev–Trinajstić information content (AvgIpc) is 3.39. The van der Waals surface area contributed by atoms with E-state index < -0.39 is 11.8 Å². The number of hydrogen-bond acceptors (Lipinski definition) is 5. The number of nitrogens with one attached hydrogen (secondary N) is 2. The zero-order valence-electron chi connectivity index (χ0n) is 18.5. The van der Waals surface area contributed by atoms with Crippen molar-refractivity contribution >= 4 is 17.5 Å². The minimum Gasteiger partial charge on any atom is -0.468 e. The zero-order valence-corrected chi connectivity index (χ0v) is 18.5. The van der Waals surface area contributed by atoms with Crippen LogP contribution in [0.25, 0.3) is 0 Å². The molecule has 0 saturated carbocycles. The molecule has 9 heteroatoms. The summed E-state index contributed by atoms with van der Waals surface area (Å²) < 4.78 is 32.7. The van der Waals surface area contributed by atoms with E-state index in [0.29, 0.717) is 43.2 Å². The maximum Gasteiger partial charge on any atom is 0.309 e. The molecule has 2 amide bonds.